The third kappa shape index (κ3) is 6.15. The van der Waals surface area contributed by atoms with E-state index in [4.69, 9.17) is 18.9 Å². The van der Waals surface area contributed by atoms with Crippen LogP contribution in [0.5, 0.6) is 17.2 Å². The molecule has 1 fully saturated rings. The van der Waals surface area contributed by atoms with Gasteiger partial charge in [-0.2, -0.15) is 0 Å². The molecule has 33 heavy (non-hydrogen) atoms. The van der Waals surface area contributed by atoms with Crippen LogP contribution in [0.2, 0.25) is 0 Å². The van der Waals surface area contributed by atoms with Crippen molar-refractivity contribution in [2.24, 2.45) is 5.92 Å². The first-order valence-electron chi connectivity index (χ1n) is 10.8. The number of benzene rings is 2. The number of carbonyl (C=O) groups is 3. The monoisotopic (exact) mass is 456 g/mol. The van der Waals surface area contributed by atoms with Gasteiger partial charge in [-0.3, -0.25) is 14.4 Å². The minimum Gasteiger partial charge on any atom is -0.497 e. The molecule has 0 aliphatic carbocycles. The number of nitrogens with zero attached hydrogens (tertiary/aromatic N) is 1. The number of methoxy groups -OCH3 is 1. The average molecular weight is 456 g/mol. The lowest BCUT2D eigenvalue weighted by molar-refractivity contribution is -0.151. The Labute approximate surface area is 192 Å². The van der Waals surface area contributed by atoms with E-state index >= 15 is 0 Å². The van der Waals surface area contributed by atoms with Gasteiger partial charge in [0.25, 0.3) is 5.91 Å². The van der Waals surface area contributed by atoms with Crippen LogP contribution in [0, 0.1) is 5.92 Å². The molecule has 9 heteroatoms. The van der Waals surface area contributed by atoms with Crippen LogP contribution in [-0.4, -0.2) is 51.3 Å². The summed E-state index contributed by atoms with van der Waals surface area (Å²) in [4.78, 5) is 38.8. The van der Waals surface area contributed by atoms with E-state index in [-0.39, 0.29) is 18.9 Å². The van der Waals surface area contributed by atoms with Crippen molar-refractivity contribution in [2.75, 3.05) is 43.7 Å². The molecule has 2 aromatic rings. The van der Waals surface area contributed by atoms with E-state index in [0.29, 0.717) is 41.8 Å². The summed E-state index contributed by atoms with van der Waals surface area (Å²) in [5.74, 6) is -0.293. The fourth-order valence-corrected chi connectivity index (χ4v) is 3.48. The molecular formula is C24H28N2O7. The molecule has 1 aliphatic rings. The van der Waals surface area contributed by atoms with Gasteiger partial charge in [0.05, 0.1) is 31.9 Å². The van der Waals surface area contributed by atoms with E-state index < -0.39 is 24.4 Å². The summed E-state index contributed by atoms with van der Waals surface area (Å²) in [6.45, 7) is 4.29. The van der Waals surface area contributed by atoms with E-state index in [1.807, 2.05) is 13.8 Å². The maximum absolute atomic E-state index is 12.5. The predicted molar refractivity (Wildman–Crippen MR) is 122 cm³/mol. The van der Waals surface area contributed by atoms with Gasteiger partial charge in [0.1, 0.15) is 17.2 Å². The molecule has 0 bridgehead atoms. The summed E-state index contributed by atoms with van der Waals surface area (Å²) in [5.41, 5.74) is 1.06. The van der Waals surface area contributed by atoms with Crippen molar-refractivity contribution in [3.05, 3.63) is 42.5 Å². The van der Waals surface area contributed by atoms with Gasteiger partial charge < -0.3 is 29.2 Å². The number of hydrogen-bond donors (Lipinski definition) is 1. The number of anilines is 2. The van der Waals surface area contributed by atoms with E-state index in [9.17, 15) is 14.4 Å². The quantitative estimate of drug-likeness (QED) is 0.548. The number of esters is 1. The first-order valence-corrected chi connectivity index (χ1v) is 10.8. The van der Waals surface area contributed by atoms with Gasteiger partial charge in [0.15, 0.2) is 6.61 Å². The predicted octanol–water partition coefficient (Wildman–Crippen LogP) is 3.03. The van der Waals surface area contributed by atoms with Crippen LogP contribution in [0.25, 0.3) is 0 Å². The van der Waals surface area contributed by atoms with Crippen LogP contribution in [0.3, 0.4) is 0 Å². The molecule has 0 aromatic heterocycles. The summed E-state index contributed by atoms with van der Waals surface area (Å²) in [7, 11) is 1.54. The normalized spacial score (nSPS) is 15.2. The van der Waals surface area contributed by atoms with Crippen LogP contribution in [-0.2, 0) is 19.1 Å². The Balaban J connectivity index is 1.57. The van der Waals surface area contributed by atoms with E-state index in [1.165, 1.54) is 4.90 Å². The molecule has 2 amide bonds. The van der Waals surface area contributed by atoms with Gasteiger partial charge in [-0.1, -0.05) is 6.07 Å². The summed E-state index contributed by atoms with van der Waals surface area (Å²) < 4.78 is 21.4. The smallest absolute Gasteiger partial charge is 0.311 e. The highest BCUT2D eigenvalue weighted by Gasteiger charge is 2.36. The highest BCUT2D eigenvalue weighted by Crippen LogP contribution is 2.30. The van der Waals surface area contributed by atoms with Crippen LogP contribution in [0.15, 0.2) is 42.5 Å². The molecule has 1 unspecified atom stereocenters. The highest BCUT2D eigenvalue weighted by atomic mass is 16.5. The van der Waals surface area contributed by atoms with Gasteiger partial charge in [0, 0.05) is 30.8 Å². The van der Waals surface area contributed by atoms with Crippen molar-refractivity contribution >= 4 is 29.2 Å². The molecule has 0 radical (unpaired) electrons. The second-order valence-electron chi connectivity index (χ2n) is 7.29. The van der Waals surface area contributed by atoms with E-state index in [2.05, 4.69) is 5.32 Å². The largest absolute Gasteiger partial charge is 0.497 e. The number of rotatable bonds is 10. The molecule has 1 aliphatic heterocycles. The second kappa shape index (κ2) is 11.2. The van der Waals surface area contributed by atoms with Gasteiger partial charge in [-0.05, 0) is 38.1 Å². The molecule has 0 spiro atoms. The van der Waals surface area contributed by atoms with Gasteiger partial charge >= 0.3 is 5.97 Å². The van der Waals surface area contributed by atoms with E-state index in [0.717, 1.165) is 0 Å². The molecule has 3 rings (SSSR count). The molecule has 1 N–H and O–H groups in total. The molecule has 1 heterocycles. The van der Waals surface area contributed by atoms with Crippen molar-refractivity contribution in [1.29, 1.82) is 0 Å². The van der Waals surface area contributed by atoms with Crippen molar-refractivity contribution < 1.29 is 33.3 Å². The zero-order valence-electron chi connectivity index (χ0n) is 19.0. The molecule has 1 atom stereocenters. The van der Waals surface area contributed by atoms with Gasteiger partial charge in [-0.25, -0.2) is 0 Å². The Morgan fingerprint density at radius 3 is 2.58 bits per heavy atom. The maximum atomic E-state index is 12.5. The first kappa shape index (κ1) is 23.9. The SMILES string of the molecule is CCOc1ccc(OCC)c(NC(=O)COC(=O)C2CC(=O)N(c3cccc(OC)c3)C2)c1. The van der Waals surface area contributed by atoms with Crippen molar-refractivity contribution in [1.82, 2.24) is 0 Å². The minimum absolute atomic E-state index is 0.0164. The molecule has 1 saturated heterocycles. The zero-order valence-corrected chi connectivity index (χ0v) is 19.0. The number of amides is 2. The Morgan fingerprint density at radius 2 is 1.85 bits per heavy atom. The van der Waals surface area contributed by atoms with Crippen LogP contribution in [0.4, 0.5) is 11.4 Å². The zero-order chi connectivity index (χ0) is 23.8. The number of ether oxygens (including phenoxy) is 4. The van der Waals surface area contributed by atoms with Crippen molar-refractivity contribution in [3.63, 3.8) is 0 Å². The van der Waals surface area contributed by atoms with Crippen LogP contribution >= 0.6 is 0 Å². The molecule has 9 nitrogen and oxygen atoms in total. The van der Waals surface area contributed by atoms with Crippen molar-refractivity contribution in [2.45, 2.75) is 20.3 Å². The second-order valence-corrected chi connectivity index (χ2v) is 7.29. The molecule has 176 valence electrons. The number of nitrogens with one attached hydrogen (secondary N) is 1. The first-order chi connectivity index (χ1) is 15.9. The van der Waals surface area contributed by atoms with Crippen LogP contribution < -0.4 is 24.4 Å². The number of hydrogen-bond acceptors (Lipinski definition) is 7. The fraction of sp³-hybridized carbons (Fsp3) is 0.375. The third-order valence-electron chi connectivity index (χ3n) is 5.00. The summed E-state index contributed by atoms with van der Waals surface area (Å²) >= 11 is 0. The minimum atomic E-state index is -0.656. The van der Waals surface area contributed by atoms with Gasteiger partial charge in [-0.15, -0.1) is 0 Å². The molecule has 0 saturated carbocycles. The van der Waals surface area contributed by atoms with Gasteiger partial charge in [0.2, 0.25) is 5.91 Å². The maximum Gasteiger partial charge on any atom is 0.311 e. The summed E-state index contributed by atoms with van der Waals surface area (Å²) in [6.07, 6.45) is 0.0164. The van der Waals surface area contributed by atoms with Crippen molar-refractivity contribution in [3.8, 4) is 17.2 Å². The summed E-state index contributed by atoms with van der Waals surface area (Å²) in [6, 6.07) is 12.1. The average Bonchev–Trinajstić information content (AvgIpc) is 3.21. The third-order valence-corrected chi connectivity index (χ3v) is 5.00. The Hall–Kier alpha value is -3.75. The van der Waals surface area contributed by atoms with E-state index in [1.54, 1.807) is 49.6 Å². The Morgan fingerprint density at radius 1 is 1.06 bits per heavy atom. The highest BCUT2D eigenvalue weighted by molar-refractivity contribution is 6.00. The number of carbonyl (C=O) groups excluding carboxylic acids is 3. The van der Waals surface area contributed by atoms with Crippen LogP contribution in [0.1, 0.15) is 20.3 Å². The topological polar surface area (TPSA) is 103 Å². The lowest BCUT2D eigenvalue weighted by Gasteiger charge is -2.17. The lowest BCUT2D eigenvalue weighted by atomic mass is 10.1. The standard InChI is InChI=1S/C24H28N2O7/c1-4-31-19-9-10-21(32-5-2)20(13-19)25-22(27)15-33-24(29)16-11-23(28)26(14-16)17-7-6-8-18(12-17)30-3/h6-10,12-13,16H,4-5,11,14-15H2,1-3H3,(H,25,27). The fourth-order valence-electron chi connectivity index (χ4n) is 3.48. The Kier molecular flexibility index (Phi) is 8.12. The Bertz CT molecular complexity index is 1010. The summed E-state index contributed by atoms with van der Waals surface area (Å²) in [5, 5.41) is 2.68. The lowest BCUT2D eigenvalue weighted by Crippen LogP contribution is -2.28. The molecular weight excluding hydrogens is 428 g/mol. The molecule has 2 aromatic carbocycles.